The quantitative estimate of drug-likeness (QED) is 0.912. The molecule has 1 saturated heterocycles. The third kappa shape index (κ3) is 2.09. The zero-order chi connectivity index (χ0) is 12.5. The number of aromatic nitrogens is 2. The first-order chi connectivity index (χ1) is 8.77. The summed E-state index contributed by atoms with van der Waals surface area (Å²) in [6.07, 6.45) is 9.65. The first-order valence-corrected chi connectivity index (χ1v) is 7.59. The Morgan fingerprint density at radius 3 is 2.72 bits per heavy atom. The van der Waals surface area contributed by atoms with E-state index >= 15 is 0 Å². The number of rotatable bonds is 2. The lowest BCUT2D eigenvalue weighted by atomic mass is 9.96. The minimum absolute atomic E-state index is 0.539. The van der Waals surface area contributed by atoms with Crippen LogP contribution in [0.15, 0.2) is 10.8 Å². The summed E-state index contributed by atoms with van der Waals surface area (Å²) in [6, 6.07) is 0.651. The van der Waals surface area contributed by atoms with Crippen molar-refractivity contribution in [3.8, 4) is 0 Å². The highest BCUT2D eigenvalue weighted by Gasteiger charge is 2.35. The summed E-state index contributed by atoms with van der Waals surface area (Å²) in [5, 5.41) is 0. The van der Waals surface area contributed by atoms with Crippen molar-refractivity contribution >= 4 is 27.6 Å². The molecule has 0 spiro atoms. The van der Waals surface area contributed by atoms with Crippen LogP contribution < -0.4 is 10.6 Å². The Morgan fingerprint density at radius 1 is 1.17 bits per heavy atom. The van der Waals surface area contributed by atoms with Gasteiger partial charge in [0.15, 0.2) is 0 Å². The molecule has 1 aromatic rings. The predicted octanol–water partition coefficient (Wildman–Crippen LogP) is 2.98. The number of hydrogen-bond acceptors (Lipinski definition) is 4. The fourth-order valence-corrected chi connectivity index (χ4v) is 3.89. The fraction of sp³-hybridized carbons (Fsp3) is 0.692. The van der Waals surface area contributed by atoms with Crippen molar-refractivity contribution < 1.29 is 0 Å². The van der Waals surface area contributed by atoms with Crippen molar-refractivity contribution in [3.05, 3.63) is 10.8 Å². The molecule has 4 nitrogen and oxygen atoms in total. The Kier molecular flexibility index (Phi) is 3.41. The molecule has 2 N–H and O–H groups in total. The van der Waals surface area contributed by atoms with Gasteiger partial charge in [0.2, 0.25) is 0 Å². The van der Waals surface area contributed by atoms with E-state index in [1.165, 1.54) is 38.5 Å². The normalized spacial score (nSPS) is 24.9. The van der Waals surface area contributed by atoms with Gasteiger partial charge in [-0.05, 0) is 47.5 Å². The molecule has 1 atom stereocenters. The van der Waals surface area contributed by atoms with Gasteiger partial charge in [0.05, 0.1) is 0 Å². The maximum absolute atomic E-state index is 5.86. The summed E-state index contributed by atoms with van der Waals surface area (Å²) in [7, 11) is 0. The van der Waals surface area contributed by atoms with Crippen molar-refractivity contribution in [1.29, 1.82) is 0 Å². The van der Waals surface area contributed by atoms with Gasteiger partial charge in [-0.25, -0.2) is 9.97 Å². The Labute approximate surface area is 116 Å². The molecule has 18 heavy (non-hydrogen) atoms. The summed E-state index contributed by atoms with van der Waals surface area (Å²) in [4.78, 5) is 10.9. The molecule has 0 amide bonds. The third-order valence-electron chi connectivity index (χ3n) is 4.31. The minimum atomic E-state index is 0.539. The van der Waals surface area contributed by atoms with E-state index in [1.54, 1.807) is 6.33 Å². The van der Waals surface area contributed by atoms with Gasteiger partial charge < -0.3 is 10.6 Å². The molecule has 1 aliphatic carbocycles. The van der Waals surface area contributed by atoms with E-state index in [0.29, 0.717) is 11.9 Å². The Morgan fingerprint density at radius 2 is 1.94 bits per heavy atom. The van der Waals surface area contributed by atoms with Gasteiger partial charge in [0, 0.05) is 12.6 Å². The summed E-state index contributed by atoms with van der Waals surface area (Å²) in [5.41, 5.74) is 5.86. The molecule has 1 unspecified atom stereocenters. The lowest BCUT2D eigenvalue weighted by molar-refractivity contribution is 0.429. The van der Waals surface area contributed by atoms with E-state index in [-0.39, 0.29) is 0 Å². The van der Waals surface area contributed by atoms with Crippen molar-refractivity contribution in [2.24, 2.45) is 5.92 Å². The summed E-state index contributed by atoms with van der Waals surface area (Å²) in [5.74, 6) is 2.37. The van der Waals surface area contributed by atoms with Gasteiger partial charge in [0.1, 0.15) is 22.4 Å². The standard InChI is InChI=1S/C13H19BrN4/c14-11-12(15)16-8-17-13(11)18-7-3-6-10(18)9-4-1-2-5-9/h8-10H,1-7H2,(H2,15,16,17). The number of hydrogen-bond donors (Lipinski definition) is 1. The minimum Gasteiger partial charge on any atom is -0.383 e. The molecule has 5 heteroatoms. The van der Waals surface area contributed by atoms with Gasteiger partial charge in [0.25, 0.3) is 0 Å². The first-order valence-electron chi connectivity index (χ1n) is 6.80. The summed E-state index contributed by atoms with van der Waals surface area (Å²) >= 11 is 3.53. The molecule has 0 bridgehead atoms. The van der Waals surface area contributed by atoms with E-state index in [1.807, 2.05) is 0 Å². The lowest BCUT2D eigenvalue weighted by Crippen LogP contribution is -2.35. The molecule has 2 aliphatic rings. The molecular weight excluding hydrogens is 292 g/mol. The van der Waals surface area contributed by atoms with Crippen LogP contribution in [0.5, 0.6) is 0 Å². The molecular formula is C13H19BrN4. The maximum Gasteiger partial charge on any atom is 0.148 e. The smallest absolute Gasteiger partial charge is 0.148 e. The number of halogens is 1. The van der Waals surface area contributed by atoms with Crippen molar-refractivity contribution in [1.82, 2.24) is 9.97 Å². The van der Waals surface area contributed by atoms with E-state index in [2.05, 4.69) is 30.8 Å². The van der Waals surface area contributed by atoms with E-state index in [4.69, 9.17) is 5.73 Å². The number of anilines is 2. The summed E-state index contributed by atoms with van der Waals surface area (Å²) < 4.78 is 0.856. The average molecular weight is 311 g/mol. The first kappa shape index (κ1) is 12.2. The second kappa shape index (κ2) is 5.03. The van der Waals surface area contributed by atoms with Gasteiger partial charge in [-0.1, -0.05) is 12.8 Å². The Hall–Kier alpha value is -0.840. The molecule has 2 fully saturated rings. The highest BCUT2D eigenvalue weighted by atomic mass is 79.9. The Bertz CT molecular complexity index is 431. The fourth-order valence-electron chi connectivity index (χ4n) is 3.46. The topological polar surface area (TPSA) is 55.0 Å². The van der Waals surface area contributed by atoms with Crippen LogP contribution in [-0.2, 0) is 0 Å². The zero-order valence-electron chi connectivity index (χ0n) is 10.5. The van der Waals surface area contributed by atoms with Crippen LogP contribution in [0.4, 0.5) is 11.6 Å². The Balaban J connectivity index is 1.87. The molecule has 1 saturated carbocycles. The van der Waals surface area contributed by atoms with Crippen LogP contribution in [-0.4, -0.2) is 22.6 Å². The van der Waals surface area contributed by atoms with Crippen LogP contribution in [0.1, 0.15) is 38.5 Å². The van der Waals surface area contributed by atoms with Crippen LogP contribution >= 0.6 is 15.9 Å². The maximum atomic E-state index is 5.86. The third-order valence-corrected chi connectivity index (χ3v) is 5.07. The average Bonchev–Trinajstić information content (AvgIpc) is 3.01. The van der Waals surface area contributed by atoms with Crippen molar-refractivity contribution in [3.63, 3.8) is 0 Å². The van der Waals surface area contributed by atoms with E-state index in [0.717, 1.165) is 22.8 Å². The molecule has 1 aromatic heterocycles. The van der Waals surface area contributed by atoms with Crippen molar-refractivity contribution in [2.45, 2.75) is 44.6 Å². The zero-order valence-corrected chi connectivity index (χ0v) is 12.1. The van der Waals surface area contributed by atoms with Gasteiger partial charge >= 0.3 is 0 Å². The second-order valence-electron chi connectivity index (χ2n) is 5.34. The molecule has 1 aliphatic heterocycles. The van der Waals surface area contributed by atoms with Crippen molar-refractivity contribution in [2.75, 3.05) is 17.2 Å². The molecule has 3 rings (SSSR count). The van der Waals surface area contributed by atoms with Crippen LogP contribution in [0.2, 0.25) is 0 Å². The van der Waals surface area contributed by atoms with E-state index < -0.39 is 0 Å². The number of nitrogens with two attached hydrogens (primary N) is 1. The molecule has 2 heterocycles. The number of nitrogens with zero attached hydrogens (tertiary/aromatic N) is 3. The largest absolute Gasteiger partial charge is 0.383 e. The summed E-state index contributed by atoms with van der Waals surface area (Å²) in [6.45, 7) is 1.09. The van der Waals surface area contributed by atoms with E-state index in [9.17, 15) is 0 Å². The monoisotopic (exact) mass is 310 g/mol. The SMILES string of the molecule is Nc1ncnc(N2CCCC2C2CCCC2)c1Br. The van der Waals surface area contributed by atoms with Crippen LogP contribution in [0.3, 0.4) is 0 Å². The lowest BCUT2D eigenvalue weighted by Gasteiger charge is -2.31. The molecule has 0 aromatic carbocycles. The predicted molar refractivity (Wildman–Crippen MR) is 76.5 cm³/mol. The molecule has 0 radical (unpaired) electrons. The second-order valence-corrected chi connectivity index (χ2v) is 6.14. The highest BCUT2D eigenvalue weighted by molar-refractivity contribution is 9.10. The van der Waals surface area contributed by atoms with Gasteiger partial charge in [-0.2, -0.15) is 0 Å². The van der Waals surface area contributed by atoms with Crippen LogP contribution in [0.25, 0.3) is 0 Å². The highest BCUT2D eigenvalue weighted by Crippen LogP contribution is 2.39. The molecule has 98 valence electrons. The van der Waals surface area contributed by atoms with Gasteiger partial charge in [-0.3, -0.25) is 0 Å². The number of nitrogen functional groups attached to an aromatic ring is 1. The van der Waals surface area contributed by atoms with Gasteiger partial charge in [-0.15, -0.1) is 0 Å². The van der Waals surface area contributed by atoms with Crippen LogP contribution in [0, 0.1) is 5.92 Å².